The van der Waals surface area contributed by atoms with Crippen molar-refractivity contribution in [2.24, 2.45) is 0 Å². The third kappa shape index (κ3) is 2.61. The van der Waals surface area contributed by atoms with Crippen LogP contribution in [-0.2, 0) is 0 Å². The zero-order chi connectivity index (χ0) is 14.0. The summed E-state index contributed by atoms with van der Waals surface area (Å²) >= 11 is 0. The van der Waals surface area contributed by atoms with Gasteiger partial charge in [0.1, 0.15) is 5.82 Å². The fraction of sp³-hybridized carbons (Fsp3) is 0.364. The number of halogens is 2. The van der Waals surface area contributed by atoms with Gasteiger partial charge in [0, 0.05) is 13.1 Å². The molecule has 0 saturated carbocycles. The molecule has 0 fully saturated rings. The Bertz CT molecular complexity index is 503. The van der Waals surface area contributed by atoms with Gasteiger partial charge in [0.15, 0.2) is 0 Å². The Labute approximate surface area is 102 Å². The molecule has 0 aliphatic heterocycles. The van der Waals surface area contributed by atoms with Gasteiger partial charge < -0.3 is 4.90 Å². The first-order valence-electron chi connectivity index (χ1n) is 5.16. The highest BCUT2D eigenvalue weighted by atomic mass is 19.1. The number of carbonyl (C=O) groups is 1. The number of hydrogen-bond acceptors (Lipinski definition) is 3. The van der Waals surface area contributed by atoms with E-state index in [2.05, 4.69) is 0 Å². The first-order chi connectivity index (χ1) is 8.25. The van der Waals surface area contributed by atoms with Crippen LogP contribution in [0.3, 0.4) is 0 Å². The van der Waals surface area contributed by atoms with Crippen molar-refractivity contribution >= 4 is 11.6 Å². The van der Waals surface area contributed by atoms with Crippen LogP contribution in [0, 0.1) is 21.7 Å². The van der Waals surface area contributed by atoms with Gasteiger partial charge in [-0.25, -0.2) is 4.39 Å². The summed E-state index contributed by atoms with van der Waals surface area (Å²) in [6.45, 7) is 3.41. The predicted octanol–water partition coefficient (Wildman–Crippen LogP) is 2.35. The van der Waals surface area contributed by atoms with Crippen LogP contribution in [-0.4, -0.2) is 28.8 Å². The van der Waals surface area contributed by atoms with E-state index in [9.17, 15) is 23.7 Å². The molecule has 5 nitrogen and oxygen atoms in total. The number of benzene rings is 1. The Morgan fingerprint density at radius 3 is 2.33 bits per heavy atom. The Morgan fingerprint density at radius 1 is 1.33 bits per heavy atom. The van der Waals surface area contributed by atoms with E-state index >= 15 is 0 Å². The van der Waals surface area contributed by atoms with E-state index in [1.807, 2.05) is 0 Å². The van der Waals surface area contributed by atoms with Gasteiger partial charge in [-0.2, -0.15) is 4.39 Å². The molecule has 0 aliphatic carbocycles. The van der Waals surface area contributed by atoms with Crippen molar-refractivity contribution < 1.29 is 18.5 Å². The second-order valence-corrected chi connectivity index (χ2v) is 4.05. The number of nitro groups is 1. The summed E-state index contributed by atoms with van der Waals surface area (Å²) in [5, 5.41) is 10.4. The molecule has 1 amide bonds. The molecule has 0 aliphatic rings. The Hall–Kier alpha value is -2.05. The molecule has 0 spiro atoms. The summed E-state index contributed by atoms with van der Waals surface area (Å²) in [5.41, 5.74) is -1.51. The standard InChI is InChI=1S/C11H12F2N2O3/c1-6(2)14(3)11(16)7-4-9(13)10(15(17)18)5-8(7)12/h4-6H,1-3H3. The fourth-order valence-corrected chi connectivity index (χ4v) is 1.26. The normalized spacial score (nSPS) is 10.6. The smallest absolute Gasteiger partial charge is 0.307 e. The lowest BCUT2D eigenvalue weighted by Gasteiger charge is -2.21. The molecule has 0 bridgehead atoms. The molecule has 0 saturated heterocycles. The van der Waals surface area contributed by atoms with Crippen LogP contribution in [0.5, 0.6) is 0 Å². The molecular formula is C11H12F2N2O3. The maximum Gasteiger partial charge on any atom is 0.307 e. The van der Waals surface area contributed by atoms with Gasteiger partial charge in [-0.15, -0.1) is 0 Å². The molecule has 1 aromatic carbocycles. The quantitative estimate of drug-likeness (QED) is 0.617. The van der Waals surface area contributed by atoms with Crippen LogP contribution in [0.15, 0.2) is 12.1 Å². The van der Waals surface area contributed by atoms with Crippen LogP contribution in [0.1, 0.15) is 24.2 Å². The molecule has 7 heteroatoms. The molecule has 98 valence electrons. The molecule has 0 unspecified atom stereocenters. The summed E-state index contributed by atoms with van der Waals surface area (Å²) in [6, 6.07) is 0.765. The number of carbonyl (C=O) groups excluding carboxylic acids is 1. The zero-order valence-electron chi connectivity index (χ0n) is 10.1. The molecule has 0 radical (unpaired) electrons. The molecule has 1 rings (SSSR count). The largest absolute Gasteiger partial charge is 0.339 e. The Kier molecular flexibility index (Phi) is 3.95. The van der Waals surface area contributed by atoms with Crippen molar-refractivity contribution in [3.05, 3.63) is 39.4 Å². The average Bonchev–Trinajstić information content (AvgIpc) is 2.29. The van der Waals surface area contributed by atoms with E-state index in [-0.39, 0.29) is 6.04 Å². The van der Waals surface area contributed by atoms with E-state index in [1.165, 1.54) is 11.9 Å². The highest BCUT2D eigenvalue weighted by molar-refractivity contribution is 5.94. The fourth-order valence-electron chi connectivity index (χ4n) is 1.26. The second-order valence-electron chi connectivity index (χ2n) is 4.05. The highest BCUT2D eigenvalue weighted by Crippen LogP contribution is 2.22. The summed E-state index contributed by atoms with van der Waals surface area (Å²) in [7, 11) is 1.44. The van der Waals surface area contributed by atoms with Gasteiger partial charge in [0.05, 0.1) is 16.6 Å². The highest BCUT2D eigenvalue weighted by Gasteiger charge is 2.24. The third-order valence-corrected chi connectivity index (χ3v) is 2.56. The average molecular weight is 258 g/mol. The van der Waals surface area contributed by atoms with Gasteiger partial charge >= 0.3 is 5.69 Å². The van der Waals surface area contributed by atoms with E-state index < -0.39 is 33.7 Å². The zero-order valence-corrected chi connectivity index (χ0v) is 10.1. The lowest BCUT2D eigenvalue weighted by atomic mass is 10.1. The topological polar surface area (TPSA) is 63.5 Å². The van der Waals surface area contributed by atoms with Gasteiger partial charge in [0.2, 0.25) is 5.82 Å². The number of hydrogen-bond donors (Lipinski definition) is 0. The maximum atomic E-state index is 13.5. The number of nitro benzene ring substituents is 1. The van der Waals surface area contributed by atoms with Crippen molar-refractivity contribution in [2.75, 3.05) is 7.05 Å². The van der Waals surface area contributed by atoms with Gasteiger partial charge in [-0.3, -0.25) is 14.9 Å². The molecule has 0 atom stereocenters. The van der Waals surface area contributed by atoms with Gasteiger partial charge in [0.25, 0.3) is 5.91 Å². The summed E-state index contributed by atoms with van der Waals surface area (Å²) in [5.74, 6) is -3.07. The first-order valence-corrected chi connectivity index (χ1v) is 5.16. The minimum absolute atomic E-state index is 0.199. The molecule has 0 heterocycles. The summed E-state index contributed by atoms with van der Waals surface area (Å²) < 4.78 is 26.9. The number of amides is 1. The van der Waals surface area contributed by atoms with Crippen LogP contribution in [0.25, 0.3) is 0 Å². The maximum absolute atomic E-state index is 13.5. The minimum Gasteiger partial charge on any atom is -0.339 e. The van der Waals surface area contributed by atoms with E-state index in [1.54, 1.807) is 13.8 Å². The van der Waals surface area contributed by atoms with Crippen molar-refractivity contribution in [3.63, 3.8) is 0 Å². The SMILES string of the molecule is CC(C)N(C)C(=O)c1cc(F)c([N+](=O)[O-])cc1F. The van der Waals surface area contributed by atoms with Crippen LogP contribution in [0.2, 0.25) is 0 Å². The van der Waals surface area contributed by atoms with Crippen molar-refractivity contribution in [1.82, 2.24) is 4.90 Å². The summed E-state index contributed by atoms with van der Waals surface area (Å²) in [4.78, 5) is 22.4. The first kappa shape index (κ1) is 14.0. The Balaban J connectivity index is 3.24. The van der Waals surface area contributed by atoms with Crippen LogP contribution in [0.4, 0.5) is 14.5 Å². The molecule has 0 aromatic heterocycles. The molecule has 0 N–H and O–H groups in total. The minimum atomic E-state index is -1.23. The predicted molar refractivity (Wildman–Crippen MR) is 60.2 cm³/mol. The van der Waals surface area contributed by atoms with E-state index in [4.69, 9.17) is 0 Å². The van der Waals surface area contributed by atoms with Gasteiger partial charge in [-0.05, 0) is 19.9 Å². The van der Waals surface area contributed by atoms with Crippen LogP contribution >= 0.6 is 0 Å². The number of rotatable bonds is 3. The van der Waals surface area contributed by atoms with Crippen molar-refractivity contribution in [1.29, 1.82) is 0 Å². The van der Waals surface area contributed by atoms with Crippen LogP contribution < -0.4 is 0 Å². The number of nitrogens with zero attached hydrogens (tertiary/aromatic N) is 2. The van der Waals surface area contributed by atoms with Crippen molar-refractivity contribution in [2.45, 2.75) is 19.9 Å². The molecule has 18 heavy (non-hydrogen) atoms. The second kappa shape index (κ2) is 5.07. The van der Waals surface area contributed by atoms with Gasteiger partial charge in [-0.1, -0.05) is 0 Å². The summed E-state index contributed by atoms with van der Waals surface area (Å²) in [6.07, 6.45) is 0. The molecular weight excluding hydrogens is 246 g/mol. The lowest BCUT2D eigenvalue weighted by Crippen LogP contribution is -2.33. The van der Waals surface area contributed by atoms with E-state index in [0.717, 1.165) is 0 Å². The Morgan fingerprint density at radius 2 is 1.89 bits per heavy atom. The van der Waals surface area contributed by atoms with Crippen molar-refractivity contribution in [3.8, 4) is 0 Å². The lowest BCUT2D eigenvalue weighted by molar-refractivity contribution is -0.387. The third-order valence-electron chi connectivity index (χ3n) is 2.56. The monoisotopic (exact) mass is 258 g/mol. The van der Waals surface area contributed by atoms with E-state index in [0.29, 0.717) is 12.1 Å². The molecule has 1 aromatic rings.